The predicted molar refractivity (Wildman–Crippen MR) is 111 cm³/mol. The van der Waals surface area contributed by atoms with Crippen molar-refractivity contribution in [2.45, 2.75) is 40.0 Å². The fraction of sp³-hybridized carbons (Fsp3) is 0.381. The van der Waals surface area contributed by atoms with E-state index < -0.39 is 0 Å². The number of rotatable bonds is 2. The monoisotopic (exact) mass is 380 g/mol. The minimum Gasteiger partial charge on any atom is -0.384 e. The molecule has 0 saturated heterocycles. The average Bonchev–Trinajstić information content (AvgIpc) is 3.03. The highest BCUT2D eigenvalue weighted by Crippen LogP contribution is 2.38. The number of hydrogen-bond acceptors (Lipinski definition) is 5. The summed E-state index contributed by atoms with van der Waals surface area (Å²) in [6.07, 6.45) is 4.82. The van der Waals surface area contributed by atoms with Crippen molar-refractivity contribution in [2.24, 2.45) is 11.3 Å². The van der Waals surface area contributed by atoms with E-state index in [4.69, 9.17) is 10.7 Å². The molecule has 1 unspecified atom stereocenters. The number of hydrogen-bond donors (Lipinski definition) is 2. The fourth-order valence-corrected chi connectivity index (χ4v) is 4.58. The van der Waals surface area contributed by atoms with Gasteiger partial charge in [0.1, 0.15) is 10.6 Å². The third-order valence-electron chi connectivity index (χ3n) is 5.37. The van der Waals surface area contributed by atoms with Gasteiger partial charge in [0.15, 0.2) is 0 Å². The first kappa shape index (κ1) is 17.9. The summed E-state index contributed by atoms with van der Waals surface area (Å²) < 4.78 is 0. The molecule has 3 aromatic rings. The van der Waals surface area contributed by atoms with Crippen LogP contribution in [0.5, 0.6) is 0 Å². The third kappa shape index (κ3) is 3.67. The lowest BCUT2D eigenvalue weighted by Crippen LogP contribution is -2.27. The van der Waals surface area contributed by atoms with Crippen molar-refractivity contribution in [3.05, 3.63) is 46.6 Å². The van der Waals surface area contributed by atoms with E-state index in [1.165, 1.54) is 29.0 Å². The van der Waals surface area contributed by atoms with Crippen LogP contribution in [0.1, 0.15) is 48.1 Å². The summed E-state index contributed by atoms with van der Waals surface area (Å²) in [5.74, 6) is 0.956. The highest BCUT2D eigenvalue weighted by Gasteiger charge is 2.29. The van der Waals surface area contributed by atoms with E-state index in [1.54, 1.807) is 18.3 Å². The molecule has 140 valence electrons. The molecule has 0 aliphatic heterocycles. The van der Waals surface area contributed by atoms with Gasteiger partial charge in [0.05, 0.1) is 16.8 Å². The molecule has 1 aliphatic rings. The number of aromatic nitrogens is 2. The van der Waals surface area contributed by atoms with Crippen molar-refractivity contribution < 1.29 is 4.79 Å². The summed E-state index contributed by atoms with van der Waals surface area (Å²) in [5, 5.41) is 3.92. The number of carbonyl (C=O) groups excluding carboxylic acids is 1. The summed E-state index contributed by atoms with van der Waals surface area (Å²) in [6, 6.07) is 7.58. The highest BCUT2D eigenvalue weighted by atomic mass is 32.1. The smallest absolute Gasteiger partial charge is 0.265 e. The van der Waals surface area contributed by atoms with Gasteiger partial charge in [-0.15, -0.1) is 11.3 Å². The molecule has 3 heterocycles. The van der Waals surface area contributed by atoms with Crippen LogP contribution in [0.25, 0.3) is 10.2 Å². The summed E-state index contributed by atoms with van der Waals surface area (Å²) >= 11 is 1.44. The molecule has 3 aromatic heterocycles. The summed E-state index contributed by atoms with van der Waals surface area (Å²) in [4.78, 5) is 23.0. The second kappa shape index (κ2) is 6.60. The SMILES string of the molecule is CC(C)(C)C1CCc2nc3sc(C(=O)Nc4ccc(N)nc4)cc3cc2C1. The van der Waals surface area contributed by atoms with Gasteiger partial charge in [0.25, 0.3) is 5.91 Å². The van der Waals surface area contributed by atoms with Gasteiger partial charge in [-0.3, -0.25) is 4.79 Å². The summed E-state index contributed by atoms with van der Waals surface area (Å²) in [6.45, 7) is 6.94. The average molecular weight is 381 g/mol. The fourth-order valence-electron chi connectivity index (χ4n) is 3.65. The molecular formula is C21H24N4OS. The van der Waals surface area contributed by atoms with Gasteiger partial charge in [0.2, 0.25) is 0 Å². The molecule has 4 rings (SSSR count). The van der Waals surface area contributed by atoms with Crippen LogP contribution in [-0.2, 0) is 12.8 Å². The molecule has 0 radical (unpaired) electrons. The van der Waals surface area contributed by atoms with E-state index in [1.807, 2.05) is 6.07 Å². The van der Waals surface area contributed by atoms with Crippen molar-refractivity contribution in [3.63, 3.8) is 0 Å². The molecule has 0 aromatic carbocycles. The lowest BCUT2D eigenvalue weighted by Gasteiger charge is -2.34. The van der Waals surface area contributed by atoms with Crippen molar-refractivity contribution in [2.75, 3.05) is 11.1 Å². The van der Waals surface area contributed by atoms with E-state index in [2.05, 4.69) is 37.1 Å². The molecule has 5 nitrogen and oxygen atoms in total. The molecule has 0 bridgehead atoms. The van der Waals surface area contributed by atoms with Crippen molar-refractivity contribution in [1.29, 1.82) is 0 Å². The quantitative estimate of drug-likeness (QED) is 0.676. The molecule has 6 heteroatoms. The van der Waals surface area contributed by atoms with Crippen molar-refractivity contribution in [1.82, 2.24) is 9.97 Å². The van der Waals surface area contributed by atoms with Crippen LogP contribution in [0.2, 0.25) is 0 Å². The zero-order valence-electron chi connectivity index (χ0n) is 15.9. The number of pyridine rings is 2. The summed E-state index contributed by atoms with van der Waals surface area (Å²) in [5.41, 5.74) is 9.05. The molecule has 0 saturated carbocycles. The largest absolute Gasteiger partial charge is 0.384 e. The molecular weight excluding hydrogens is 356 g/mol. The van der Waals surface area contributed by atoms with Crippen molar-refractivity contribution >= 4 is 39.0 Å². The Hall–Kier alpha value is -2.47. The topological polar surface area (TPSA) is 80.9 Å². The van der Waals surface area contributed by atoms with Crippen LogP contribution in [0.15, 0.2) is 30.5 Å². The van der Waals surface area contributed by atoms with E-state index >= 15 is 0 Å². The number of anilines is 2. The molecule has 1 aliphatic carbocycles. The molecule has 0 fully saturated rings. The molecule has 1 amide bonds. The van der Waals surface area contributed by atoms with Gasteiger partial charge >= 0.3 is 0 Å². The van der Waals surface area contributed by atoms with Crippen LogP contribution in [0.4, 0.5) is 11.5 Å². The van der Waals surface area contributed by atoms with Gasteiger partial charge in [-0.25, -0.2) is 9.97 Å². The van der Waals surface area contributed by atoms with Crippen LogP contribution in [-0.4, -0.2) is 15.9 Å². The van der Waals surface area contributed by atoms with Crippen LogP contribution < -0.4 is 11.1 Å². The number of carbonyl (C=O) groups is 1. The van der Waals surface area contributed by atoms with Gasteiger partial charge < -0.3 is 11.1 Å². The Kier molecular flexibility index (Phi) is 4.38. The minimum absolute atomic E-state index is 0.143. The normalized spacial score (nSPS) is 16.9. The molecule has 1 atom stereocenters. The van der Waals surface area contributed by atoms with E-state index in [0.717, 1.165) is 23.1 Å². The lowest BCUT2D eigenvalue weighted by atomic mass is 9.71. The van der Waals surface area contributed by atoms with Gasteiger partial charge in [-0.1, -0.05) is 20.8 Å². The number of fused-ring (bicyclic) bond motifs is 2. The standard InChI is InChI=1S/C21H24N4OS/c1-21(2,3)14-4-6-16-12(9-14)8-13-10-17(27-20(13)25-16)19(26)24-15-5-7-18(22)23-11-15/h5,7-8,10-11,14H,4,6,9H2,1-3H3,(H2,22,23)(H,24,26). The second-order valence-electron chi connectivity index (χ2n) is 8.33. The minimum atomic E-state index is -0.143. The number of aryl methyl sites for hydroxylation is 1. The highest BCUT2D eigenvalue weighted by molar-refractivity contribution is 7.20. The van der Waals surface area contributed by atoms with Crippen molar-refractivity contribution in [3.8, 4) is 0 Å². The maximum absolute atomic E-state index is 12.6. The van der Waals surface area contributed by atoms with E-state index in [0.29, 0.717) is 27.7 Å². The maximum atomic E-state index is 12.6. The first-order chi connectivity index (χ1) is 12.8. The lowest BCUT2D eigenvalue weighted by molar-refractivity contribution is 0.103. The first-order valence-corrected chi connectivity index (χ1v) is 10.1. The number of amides is 1. The number of nitrogens with zero attached hydrogens (tertiary/aromatic N) is 2. The van der Waals surface area contributed by atoms with Crippen LogP contribution in [0, 0.1) is 11.3 Å². The predicted octanol–water partition coefficient (Wildman–Crippen LogP) is 4.68. The molecule has 27 heavy (non-hydrogen) atoms. The number of thiophene rings is 1. The Morgan fingerprint density at radius 3 is 2.81 bits per heavy atom. The molecule has 3 N–H and O–H groups in total. The maximum Gasteiger partial charge on any atom is 0.265 e. The number of nitrogens with one attached hydrogen (secondary N) is 1. The van der Waals surface area contributed by atoms with Gasteiger partial charge in [0, 0.05) is 11.1 Å². The Labute approximate surface area is 163 Å². The number of nitrogen functional groups attached to an aromatic ring is 1. The Morgan fingerprint density at radius 2 is 2.11 bits per heavy atom. The van der Waals surface area contributed by atoms with Gasteiger partial charge in [-0.05, 0) is 60.4 Å². The second-order valence-corrected chi connectivity index (χ2v) is 9.36. The Morgan fingerprint density at radius 1 is 1.30 bits per heavy atom. The zero-order chi connectivity index (χ0) is 19.2. The zero-order valence-corrected chi connectivity index (χ0v) is 16.7. The van der Waals surface area contributed by atoms with Crippen LogP contribution in [0.3, 0.4) is 0 Å². The molecule has 0 spiro atoms. The van der Waals surface area contributed by atoms with Gasteiger partial charge in [-0.2, -0.15) is 0 Å². The Bertz CT molecular complexity index is 1000. The van der Waals surface area contributed by atoms with E-state index in [-0.39, 0.29) is 5.91 Å². The van der Waals surface area contributed by atoms with Crippen LogP contribution >= 0.6 is 11.3 Å². The van der Waals surface area contributed by atoms with E-state index in [9.17, 15) is 4.79 Å². The first-order valence-electron chi connectivity index (χ1n) is 9.25. The Balaban J connectivity index is 1.59. The third-order valence-corrected chi connectivity index (χ3v) is 6.41. The summed E-state index contributed by atoms with van der Waals surface area (Å²) in [7, 11) is 0. The number of nitrogens with two attached hydrogens (primary N) is 1.